The molecule has 1 heterocycles. The fourth-order valence-corrected chi connectivity index (χ4v) is 4.47. The number of halogens is 2. The van der Waals surface area contributed by atoms with Crippen LogP contribution in [-0.4, -0.2) is 6.11 Å². The van der Waals surface area contributed by atoms with E-state index in [2.05, 4.69) is 44.2 Å². The third-order valence-corrected chi connectivity index (χ3v) is 6.21. The van der Waals surface area contributed by atoms with Crippen molar-refractivity contribution in [1.29, 1.82) is 0 Å². The highest BCUT2D eigenvalue weighted by Gasteiger charge is 2.46. The average molecular weight is 409 g/mol. The molecule has 1 atom stereocenters. The van der Waals surface area contributed by atoms with Crippen LogP contribution in [0.15, 0.2) is 54.6 Å². The van der Waals surface area contributed by atoms with Crippen LogP contribution in [-0.2, 0) is 12.8 Å². The Kier molecular flexibility index (Phi) is 6.08. The van der Waals surface area contributed by atoms with Gasteiger partial charge in [-0.05, 0) is 53.0 Å². The monoisotopic (exact) mass is 408 g/mol. The molecule has 158 valence electrons. The maximum absolute atomic E-state index is 14.7. The molecule has 1 aliphatic rings. The van der Waals surface area contributed by atoms with Gasteiger partial charge in [0.1, 0.15) is 5.75 Å². The molecule has 1 nitrogen and oxygen atoms in total. The van der Waals surface area contributed by atoms with Crippen molar-refractivity contribution in [2.45, 2.75) is 64.9 Å². The van der Waals surface area contributed by atoms with Crippen LogP contribution in [0.5, 0.6) is 5.75 Å². The number of fused-ring (bicyclic) bond motifs is 3. The molecule has 0 aromatic heterocycles. The molecule has 0 radical (unpaired) electrons. The number of unbranched alkanes of at least 4 members (excludes halogenated alkanes) is 2. The molecule has 3 heteroatoms. The molecule has 3 aromatic rings. The molecular weight excluding hydrogens is 378 g/mol. The maximum atomic E-state index is 14.7. The van der Waals surface area contributed by atoms with Crippen LogP contribution in [0.1, 0.15) is 57.1 Å². The van der Waals surface area contributed by atoms with Crippen molar-refractivity contribution in [2.75, 3.05) is 0 Å². The lowest BCUT2D eigenvalue weighted by Gasteiger charge is -2.33. The molecule has 0 aliphatic carbocycles. The van der Waals surface area contributed by atoms with Gasteiger partial charge in [0.15, 0.2) is 0 Å². The summed E-state index contributed by atoms with van der Waals surface area (Å²) < 4.78 is 34.8. The second kappa shape index (κ2) is 8.75. The van der Waals surface area contributed by atoms with Gasteiger partial charge in [-0.25, -0.2) is 0 Å². The van der Waals surface area contributed by atoms with Crippen molar-refractivity contribution in [2.24, 2.45) is 5.92 Å². The molecule has 0 fully saturated rings. The van der Waals surface area contributed by atoms with Crippen molar-refractivity contribution in [3.8, 4) is 16.9 Å². The van der Waals surface area contributed by atoms with Gasteiger partial charge < -0.3 is 4.74 Å². The minimum atomic E-state index is -3.11. The zero-order valence-corrected chi connectivity index (χ0v) is 17.9. The Balaban J connectivity index is 1.63. The molecule has 3 aromatic carbocycles. The molecule has 0 saturated heterocycles. The summed E-state index contributed by atoms with van der Waals surface area (Å²) in [6, 6.07) is 18.6. The summed E-state index contributed by atoms with van der Waals surface area (Å²) in [6.45, 7) is 4.27. The molecular formula is C27H30F2O. The van der Waals surface area contributed by atoms with Gasteiger partial charge in [-0.3, -0.25) is 0 Å². The SMILES string of the molecule is CCCCCC1Cc2ccc3cc(-c4ccc(CCC)cc4)ccc3c2OC1(F)F. The molecule has 1 aliphatic heterocycles. The lowest BCUT2D eigenvalue weighted by Crippen LogP contribution is -2.39. The topological polar surface area (TPSA) is 9.23 Å². The second-order valence-electron chi connectivity index (χ2n) is 8.50. The number of rotatable bonds is 7. The van der Waals surface area contributed by atoms with Crippen LogP contribution >= 0.6 is 0 Å². The number of alkyl halides is 2. The van der Waals surface area contributed by atoms with E-state index in [0.717, 1.165) is 59.6 Å². The number of ether oxygens (including phenoxy) is 1. The first-order valence-corrected chi connectivity index (χ1v) is 11.2. The normalized spacial score (nSPS) is 17.5. The first-order valence-electron chi connectivity index (χ1n) is 11.2. The number of benzene rings is 3. The van der Waals surface area contributed by atoms with Gasteiger partial charge in [0, 0.05) is 5.39 Å². The summed E-state index contributed by atoms with van der Waals surface area (Å²) in [6.07, 6.45) is 2.82. The Morgan fingerprint density at radius 2 is 1.67 bits per heavy atom. The van der Waals surface area contributed by atoms with Gasteiger partial charge in [0.05, 0.1) is 5.92 Å². The van der Waals surface area contributed by atoms with E-state index in [9.17, 15) is 8.78 Å². The van der Waals surface area contributed by atoms with E-state index in [1.54, 1.807) is 0 Å². The van der Waals surface area contributed by atoms with Crippen molar-refractivity contribution in [3.63, 3.8) is 0 Å². The third kappa shape index (κ3) is 4.21. The first-order chi connectivity index (χ1) is 14.5. The highest BCUT2D eigenvalue weighted by atomic mass is 19.3. The van der Waals surface area contributed by atoms with E-state index in [4.69, 9.17) is 4.74 Å². The van der Waals surface area contributed by atoms with Crippen LogP contribution in [0, 0.1) is 5.92 Å². The predicted molar refractivity (Wildman–Crippen MR) is 120 cm³/mol. The summed E-state index contributed by atoms with van der Waals surface area (Å²) in [7, 11) is 0. The van der Waals surface area contributed by atoms with Gasteiger partial charge in [-0.1, -0.05) is 88.1 Å². The minimum Gasteiger partial charge on any atom is -0.431 e. The summed E-state index contributed by atoms with van der Waals surface area (Å²) in [5, 5.41) is 1.70. The van der Waals surface area contributed by atoms with Gasteiger partial charge in [-0.15, -0.1) is 0 Å². The van der Waals surface area contributed by atoms with Crippen molar-refractivity contribution < 1.29 is 13.5 Å². The minimum absolute atomic E-state index is 0.356. The highest BCUT2D eigenvalue weighted by Crippen LogP contribution is 2.45. The van der Waals surface area contributed by atoms with Crippen LogP contribution in [0.25, 0.3) is 21.9 Å². The average Bonchev–Trinajstić information content (AvgIpc) is 2.74. The zero-order chi connectivity index (χ0) is 21.1. The molecule has 0 saturated carbocycles. The van der Waals surface area contributed by atoms with Crippen molar-refractivity contribution in [1.82, 2.24) is 0 Å². The standard InChI is InChI=1S/C27H30F2O/c1-3-5-6-8-24-18-23-14-13-22-17-21(20-11-9-19(7-4-2)10-12-20)15-16-25(22)26(23)30-27(24,28)29/h9-17,24H,3-8,18H2,1-2H3. The van der Waals surface area contributed by atoms with Gasteiger partial charge in [0.25, 0.3) is 0 Å². The molecule has 0 spiro atoms. The Morgan fingerprint density at radius 3 is 2.40 bits per heavy atom. The fraction of sp³-hybridized carbons (Fsp3) is 0.407. The lowest BCUT2D eigenvalue weighted by atomic mass is 9.88. The number of hydrogen-bond acceptors (Lipinski definition) is 1. The van der Waals surface area contributed by atoms with E-state index >= 15 is 0 Å². The second-order valence-corrected chi connectivity index (χ2v) is 8.50. The molecule has 30 heavy (non-hydrogen) atoms. The van der Waals surface area contributed by atoms with E-state index < -0.39 is 12.0 Å². The Labute approximate surface area is 178 Å². The van der Waals surface area contributed by atoms with Crippen molar-refractivity contribution in [3.05, 3.63) is 65.7 Å². The first kappa shape index (κ1) is 20.8. The smallest absolute Gasteiger partial charge is 0.401 e. The van der Waals surface area contributed by atoms with Gasteiger partial charge >= 0.3 is 6.11 Å². The zero-order valence-electron chi connectivity index (χ0n) is 17.9. The molecule has 1 unspecified atom stereocenters. The van der Waals surface area contributed by atoms with Crippen molar-refractivity contribution >= 4 is 10.8 Å². The van der Waals surface area contributed by atoms with Crippen LogP contribution in [0.2, 0.25) is 0 Å². The largest absolute Gasteiger partial charge is 0.431 e. The van der Waals surface area contributed by atoms with Gasteiger partial charge in [0.2, 0.25) is 0 Å². The number of hydrogen-bond donors (Lipinski definition) is 0. The summed E-state index contributed by atoms with van der Waals surface area (Å²) in [5.74, 6) is -0.385. The maximum Gasteiger partial charge on any atom is 0.401 e. The predicted octanol–water partition coefficient (Wildman–Crippen LogP) is 8.18. The van der Waals surface area contributed by atoms with Crippen LogP contribution < -0.4 is 4.74 Å². The Morgan fingerprint density at radius 1 is 0.900 bits per heavy atom. The number of aryl methyl sites for hydroxylation is 1. The van der Waals surface area contributed by atoms with E-state index in [0.29, 0.717) is 18.6 Å². The fourth-order valence-electron chi connectivity index (χ4n) is 4.47. The van der Waals surface area contributed by atoms with E-state index in [1.807, 2.05) is 24.3 Å². The van der Waals surface area contributed by atoms with Gasteiger partial charge in [-0.2, -0.15) is 8.78 Å². The third-order valence-electron chi connectivity index (χ3n) is 6.21. The Bertz CT molecular complexity index is 1010. The Hall–Kier alpha value is -2.42. The molecule has 0 N–H and O–H groups in total. The van der Waals surface area contributed by atoms with E-state index in [-0.39, 0.29) is 0 Å². The molecule has 4 rings (SSSR count). The highest BCUT2D eigenvalue weighted by molar-refractivity contribution is 5.93. The van der Waals surface area contributed by atoms with Crippen LogP contribution in [0.3, 0.4) is 0 Å². The van der Waals surface area contributed by atoms with Crippen LogP contribution in [0.4, 0.5) is 8.78 Å². The molecule has 0 amide bonds. The van der Waals surface area contributed by atoms with E-state index in [1.165, 1.54) is 5.56 Å². The quantitative estimate of drug-likeness (QED) is 0.358. The summed E-state index contributed by atoms with van der Waals surface area (Å²) in [4.78, 5) is 0. The lowest BCUT2D eigenvalue weighted by molar-refractivity contribution is -0.224. The molecule has 0 bridgehead atoms. The summed E-state index contributed by atoms with van der Waals surface area (Å²) >= 11 is 0. The summed E-state index contributed by atoms with van der Waals surface area (Å²) in [5.41, 5.74) is 4.45.